The minimum absolute atomic E-state index is 0.0871. The summed E-state index contributed by atoms with van der Waals surface area (Å²) < 4.78 is 11.6. The Morgan fingerprint density at radius 1 is 1.06 bits per heavy atom. The van der Waals surface area contributed by atoms with Gasteiger partial charge in [-0.15, -0.1) is 22.7 Å². The molecule has 2 aliphatic heterocycles. The second-order valence-electron chi connectivity index (χ2n) is 8.10. The Balaban J connectivity index is 1.33. The Bertz CT molecular complexity index is 1360. The number of thiophene rings is 1. The van der Waals surface area contributed by atoms with E-state index in [0.29, 0.717) is 13.2 Å². The molecule has 1 atom stereocenters. The maximum absolute atomic E-state index is 5.96. The fourth-order valence-electron chi connectivity index (χ4n) is 4.27. The van der Waals surface area contributed by atoms with Gasteiger partial charge in [-0.3, -0.25) is 0 Å². The lowest BCUT2D eigenvalue weighted by molar-refractivity contribution is 0.340. The van der Waals surface area contributed by atoms with Crippen molar-refractivity contribution in [3.8, 4) is 11.5 Å². The third-order valence-electron chi connectivity index (χ3n) is 5.94. The van der Waals surface area contributed by atoms with Gasteiger partial charge in [0.05, 0.1) is 28.9 Å². The van der Waals surface area contributed by atoms with Gasteiger partial charge >= 0.3 is 0 Å². The van der Waals surface area contributed by atoms with Crippen LogP contribution in [0.25, 0.3) is 11.6 Å². The highest BCUT2D eigenvalue weighted by Crippen LogP contribution is 2.40. The second kappa shape index (κ2) is 9.08. The molecule has 7 heteroatoms. The lowest BCUT2D eigenvalue weighted by Gasteiger charge is -2.21. The quantitative estimate of drug-likeness (QED) is 0.298. The Morgan fingerprint density at radius 3 is 2.76 bits per heavy atom. The molecule has 34 heavy (non-hydrogen) atoms. The van der Waals surface area contributed by atoms with Gasteiger partial charge in [0.1, 0.15) is 18.1 Å². The van der Waals surface area contributed by atoms with Gasteiger partial charge in [-0.25, -0.2) is 9.99 Å². The molecule has 0 N–H and O–H groups in total. The van der Waals surface area contributed by atoms with Crippen LogP contribution >= 0.6 is 22.7 Å². The molecule has 0 fully saturated rings. The Morgan fingerprint density at radius 2 is 1.94 bits per heavy atom. The number of benzene rings is 2. The number of hydrogen-bond acceptors (Lipinski definition) is 7. The van der Waals surface area contributed by atoms with Crippen molar-refractivity contribution in [2.75, 3.05) is 18.2 Å². The van der Waals surface area contributed by atoms with Gasteiger partial charge in [0, 0.05) is 22.9 Å². The van der Waals surface area contributed by atoms with E-state index in [2.05, 4.69) is 52.2 Å². The third-order valence-corrected chi connectivity index (χ3v) is 7.69. The standard InChI is InChI=1S/C27H23N3O2S2/c1-2-31-21-11-9-18(10-12-21)24-15-22(26-8-5-13-33-26)29-30(24)27-28-23(17-34-27)20-14-19-6-3-4-7-25(19)32-16-20/h3-14,17,24H,2,15-16H2,1H3. The predicted molar refractivity (Wildman–Crippen MR) is 140 cm³/mol. The first-order chi connectivity index (χ1) is 16.8. The van der Waals surface area contributed by atoms with E-state index in [-0.39, 0.29) is 6.04 Å². The van der Waals surface area contributed by atoms with Crippen LogP contribution in [0, 0.1) is 0 Å². The van der Waals surface area contributed by atoms with Gasteiger partial charge in [-0.2, -0.15) is 5.10 Å². The van der Waals surface area contributed by atoms with E-state index in [1.54, 1.807) is 22.7 Å². The number of ether oxygens (including phenoxy) is 2. The molecule has 0 saturated carbocycles. The average molecular weight is 486 g/mol. The van der Waals surface area contributed by atoms with Crippen molar-refractivity contribution in [2.24, 2.45) is 5.10 Å². The summed E-state index contributed by atoms with van der Waals surface area (Å²) in [6.45, 7) is 3.18. The molecule has 1 unspecified atom stereocenters. The van der Waals surface area contributed by atoms with E-state index in [1.165, 1.54) is 10.4 Å². The van der Waals surface area contributed by atoms with Crippen molar-refractivity contribution in [1.82, 2.24) is 4.98 Å². The van der Waals surface area contributed by atoms with Crippen molar-refractivity contribution in [3.63, 3.8) is 0 Å². The van der Waals surface area contributed by atoms with Gasteiger partial charge in [0.15, 0.2) is 0 Å². The Labute approximate surface area is 206 Å². The molecule has 6 rings (SSSR count). The van der Waals surface area contributed by atoms with Crippen molar-refractivity contribution in [2.45, 2.75) is 19.4 Å². The van der Waals surface area contributed by atoms with Crippen molar-refractivity contribution < 1.29 is 9.47 Å². The van der Waals surface area contributed by atoms with E-state index >= 15 is 0 Å². The molecule has 0 bridgehead atoms. The van der Waals surface area contributed by atoms with Crippen molar-refractivity contribution in [1.29, 1.82) is 0 Å². The van der Waals surface area contributed by atoms with Crippen LogP contribution in [0.4, 0.5) is 5.13 Å². The predicted octanol–water partition coefficient (Wildman–Crippen LogP) is 6.89. The number of hydrogen-bond donors (Lipinski definition) is 0. The molecule has 0 saturated heterocycles. The first-order valence-corrected chi connectivity index (χ1v) is 13.1. The maximum atomic E-state index is 5.96. The monoisotopic (exact) mass is 485 g/mol. The van der Waals surface area contributed by atoms with Crippen LogP contribution in [0.3, 0.4) is 0 Å². The highest BCUT2D eigenvalue weighted by Gasteiger charge is 2.32. The van der Waals surface area contributed by atoms with E-state index < -0.39 is 0 Å². The van der Waals surface area contributed by atoms with Crippen molar-refractivity contribution >= 4 is 45.2 Å². The molecule has 0 aliphatic carbocycles. The summed E-state index contributed by atoms with van der Waals surface area (Å²) >= 11 is 3.35. The first kappa shape index (κ1) is 21.1. The number of para-hydroxylation sites is 1. The van der Waals surface area contributed by atoms with Crippen LogP contribution in [0.2, 0.25) is 0 Å². The summed E-state index contributed by atoms with van der Waals surface area (Å²) in [4.78, 5) is 6.20. The summed E-state index contributed by atoms with van der Waals surface area (Å²) in [5.41, 5.74) is 5.41. The van der Waals surface area contributed by atoms with Crippen LogP contribution in [0.5, 0.6) is 11.5 Å². The van der Waals surface area contributed by atoms with Gasteiger partial charge in [-0.1, -0.05) is 36.4 Å². The van der Waals surface area contributed by atoms with Gasteiger partial charge in [0.2, 0.25) is 5.13 Å². The highest BCUT2D eigenvalue weighted by atomic mass is 32.1. The summed E-state index contributed by atoms with van der Waals surface area (Å²) in [6.07, 6.45) is 3.01. The molecule has 2 aromatic heterocycles. The van der Waals surface area contributed by atoms with E-state index in [9.17, 15) is 0 Å². The Hall–Kier alpha value is -3.42. The zero-order valence-corrected chi connectivity index (χ0v) is 20.3. The fraction of sp³-hybridized carbons (Fsp3) is 0.185. The van der Waals surface area contributed by atoms with Crippen LogP contribution in [0.1, 0.15) is 41.1 Å². The Kier molecular flexibility index (Phi) is 5.65. The highest BCUT2D eigenvalue weighted by molar-refractivity contribution is 7.14. The lowest BCUT2D eigenvalue weighted by Crippen LogP contribution is -2.18. The topological polar surface area (TPSA) is 47.0 Å². The van der Waals surface area contributed by atoms with Crippen molar-refractivity contribution in [3.05, 3.63) is 93.1 Å². The lowest BCUT2D eigenvalue weighted by atomic mass is 10.0. The summed E-state index contributed by atoms with van der Waals surface area (Å²) in [5.74, 6) is 1.80. The molecule has 5 nitrogen and oxygen atoms in total. The molecule has 170 valence electrons. The van der Waals surface area contributed by atoms with Crippen LogP contribution in [-0.2, 0) is 0 Å². The number of nitrogens with zero attached hydrogens (tertiary/aromatic N) is 3. The molecule has 4 heterocycles. The molecule has 2 aromatic carbocycles. The summed E-state index contributed by atoms with van der Waals surface area (Å²) in [7, 11) is 0. The van der Waals surface area contributed by atoms with Crippen LogP contribution in [0.15, 0.2) is 76.5 Å². The minimum atomic E-state index is 0.0871. The molecule has 2 aliphatic rings. The smallest absolute Gasteiger partial charge is 0.207 e. The molecule has 0 amide bonds. The fourth-order valence-corrected chi connectivity index (χ4v) is 5.84. The van der Waals surface area contributed by atoms with E-state index in [0.717, 1.165) is 45.6 Å². The zero-order chi connectivity index (χ0) is 22.9. The number of anilines is 1. The van der Waals surface area contributed by atoms with Gasteiger partial charge in [0.25, 0.3) is 0 Å². The minimum Gasteiger partial charge on any atom is -0.494 e. The normalized spacial score (nSPS) is 17.1. The zero-order valence-electron chi connectivity index (χ0n) is 18.7. The summed E-state index contributed by atoms with van der Waals surface area (Å²) in [6, 6.07) is 20.7. The SMILES string of the molecule is CCOc1ccc(C2CC(c3cccs3)=NN2c2nc(C3=Cc4ccccc4OC3)cs2)cc1. The third kappa shape index (κ3) is 4.02. The van der Waals surface area contributed by atoms with Crippen LogP contribution in [-0.4, -0.2) is 23.9 Å². The largest absolute Gasteiger partial charge is 0.494 e. The molecule has 0 spiro atoms. The van der Waals surface area contributed by atoms with E-state index in [1.807, 2.05) is 37.3 Å². The number of rotatable bonds is 6. The van der Waals surface area contributed by atoms with Gasteiger partial charge in [-0.05, 0) is 48.2 Å². The number of thiazole rings is 1. The summed E-state index contributed by atoms with van der Waals surface area (Å²) in [5, 5.41) is 12.2. The number of aromatic nitrogens is 1. The average Bonchev–Trinajstić information content (AvgIpc) is 3.65. The molecular weight excluding hydrogens is 462 g/mol. The number of hydrazone groups is 1. The number of fused-ring (bicyclic) bond motifs is 1. The van der Waals surface area contributed by atoms with E-state index in [4.69, 9.17) is 19.6 Å². The molecule has 4 aromatic rings. The maximum Gasteiger partial charge on any atom is 0.207 e. The molecule has 0 radical (unpaired) electrons. The van der Waals surface area contributed by atoms with Crippen LogP contribution < -0.4 is 14.5 Å². The first-order valence-electron chi connectivity index (χ1n) is 11.3. The van der Waals surface area contributed by atoms with Gasteiger partial charge < -0.3 is 9.47 Å². The molecular formula is C27H23N3O2S2. The second-order valence-corrected chi connectivity index (χ2v) is 9.89.